The number of carbonyl (C=O) groups is 1. The number of amides is 1. The molecule has 1 aromatic heterocycles. The second-order valence-corrected chi connectivity index (χ2v) is 4.55. The molecule has 1 heterocycles. The van der Waals surface area contributed by atoms with Crippen molar-refractivity contribution in [2.24, 2.45) is 0 Å². The Morgan fingerprint density at radius 3 is 2.76 bits per heavy atom. The Labute approximate surface area is 102 Å². The van der Waals surface area contributed by atoms with E-state index in [1.54, 1.807) is 10.7 Å². The van der Waals surface area contributed by atoms with Gasteiger partial charge in [0.2, 0.25) is 0 Å². The van der Waals surface area contributed by atoms with Crippen LogP contribution in [0.2, 0.25) is 0 Å². The number of hydrogen-bond donors (Lipinski definition) is 2. The van der Waals surface area contributed by atoms with Gasteiger partial charge in [-0.3, -0.25) is 9.48 Å². The van der Waals surface area contributed by atoms with E-state index in [1.807, 2.05) is 32.8 Å². The molecule has 3 N–H and O–H groups in total. The Bertz CT molecular complexity index is 383. The number of nitrogens with zero attached hydrogens (tertiary/aromatic N) is 3. The van der Waals surface area contributed by atoms with Crippen LogP contribution in [-0.4, -0.2) is 47.8 Å². The summed E-state index contributed by atoms with van der Waals surface area (Å²) in [5.41, 5.74) is 6.12. The molecule has 0 bridgehead atoms. The van der Waals surface area contributed by atoms with Gasteiger partial charge in [0.15, 0.2) is 0 Å². The van der Waals surface area contributed by atoms with Gasteiger partial charge in [-0.05, 0) is 27.9 Å². The monoisotopic (exact) mass is 239 g/mol. The number of carbonyl (C=O) groups excluding carboxylic acids is 1. The van der Waals surface area contributed by atoms with Crippen LogP contribution < -0.4 is 11.1 Å². The maximum absolute atomic E-state index is 11.9. The summed E-state index contributed by atoms with van der Waals surface area (Å²) in [5.74, 6) is 0.237. The van der Waals surface area contributed by atoms with Crippen molar-refractivity contribution in [1.29, 1.82) is 0 Å². The van der Waals surface area contributed by atoms with Gasteiger partial charge in [0.25, 0.3) is 5.91 Å². The van der Waals surface area contributed by atoms with Gasteiger partial charge >= 0.3 is 0 Å². The van der Waals surface area contributed by atoms with Gasteiger partial charge in [-0.15, -0.1) is 0 Å². The lowest BCUT2D eigenvalue weighted by Gasteiger charge is -2.12. The molecule has 1 aromatic rings. The molecule has 1 rings (SSSR count). The summed E-state index contributed by atoms with van der Waals surface area (Å²) in [7, 11) is 3.92. The number of likely N-dealkylation sites (N-methyl/N-ethyl adjacent to an activating group) is 1. The van der Waals surface area contributed by atoms with Crippen molar-refractivity contribution in [3.63, 3.8) is 0 Å². The van der Waals surface area contributed by atoms with Crippen LogP contribution in [0.5, 0.6) is 0 Å². The highest BCUT2D eigenvalue weighted by molar-refractivity contribution is 5.93. The topological polar surface area (TPSA) is 76.2 Å². The first-order valence-electron chi connectivity index (χ1n) is 5.69. The molecule has 0 aromatic carbocycles. The average Bonchev–Trinajstić information content (AvgIpc) is 2.59. The zero-order chi connectivity index (χ0) is 13.0. The summed E-state index contributed by atoms with van der Waals surface area (Å²) in [6.45, 7) is 5.33. The lowest BCUT2D eigenvalue weighted by atomic mass is 10.3. The van der Waals surface area contributed by atoms with Crippen molar-refractivity contribution in [1.82, 2.24) is 20.0 Å². The van der Waals surface area contributed by atoms with Gasteiger partial charge in [0, 0.05) is 25.2 Å². The minimum absolute atomic E-state index is 0.113. The molecule has 0 saturated heterocycles. The molecular formula is C11H21N5O. The Balaban J connectivity index is 2.68. The van der Waals surface area contributed by atoms with Gasteiger partial charge in [0.05, 0.1) is 0 Å². The van der Waals surface area contributed by atoms with E-state index in [0.29, 0.717) is 18.1 Å². The number of aromatic nitrogens is 2. The first-order chi connectivity index (χ1) is 7.91. The maximum Gasteiger partial charge on any atom is 0.269 e. The lowest BCUT2D eigenvalue weighted by Crippen LogP contribution is -2.32. The van der Waals surface area contributed by atoms with E-state index in [4.69, 9.17) is 5.73 Å². The molecule has 0 radical (unpaired) electrons. The highest BCUT2D eigenvalue weighted by Crippen LogP contribution is 2.12. The van der Waals surface area contributed by atoms with Crippen molar-refractivity contribution in [2.45, 2.75) is 19.9 Å². The Kier molecular flexibility index (Phi) is 4.51. The predicted octanol–water partition coefficient (Wildman–Crippen LogP) is 0.338. The fraction of sp³-hybridized carbons (Fsp3) is 0.636. The van der Waals surface area contributed by atoms with E-state index >= 15 is 0 Å². The number of nitrogen functional groups attached to an aromatic ring is 1. The Morgan fingerprint density at radius 1 is 1.59 bits per heavy atom. The molecule has 0 spiro atoms. The molecule has 6 nitrogen and oxygen atoms in total. The number of rotatable bonds is 5. The largest absolute Gasteiger partial charge is 0.382 e. The van der Waals surface area contributed by atoms with Crippen LogP contribution in [0.1, 0.15) is 30.4 Å². The third kappa shape index (κ3) is 3.74. The van der Waals surface area contributed by atoms with Crippen molar-refractivity contribution in [2.75, 3.05) is 32.9 Å². The first kappa shape index (κ1) is 13.5. The van der Waals surface area contributed by atoms with Crippen LogP contribution in [0.3, 0.4) is 0 Å². The highest BCUT2D eigenvalue weighted by atomic mass is 16.2. The van der Waals surface area contributed by atoms with Gasteiger partial charge < -0.3 is 16.0 Å². The second-order valence-electron chi connectivity index (χ2n) is 4.55. The molecule has 0 atom stereocenters. The van der Waals surface area contributed by atoms with Crippen molar-refractivity contribution >= 4 is 11.7 Å². The standard InChI is InChI=1S/C11H21N5O/c1-8(2)16-9(7-10(12)14-16)11(17)13-5-6-15(3)4/h7-8H,5-6H2,1-4H3,(H2,12,14)(H,13,17). The summed E-state index contributed by atoms with van der Waals surface area (Å²) in [4.78, 5) is 13.9. The number of hydrogen-bond acceptors (Lipinski definition) is 4. The summed E-state index contributed by atoms with van der Waals surface area (Å²) in [6, 6.07) is 1.72. The normalized spacial score (nSPS) is 11.2. The fourth-order valence-electron chi connectivity index (χ4n) is 1.46. The van der Waals surface area contributed by atoms with Crippen LogP contribution in [-0.2, 0) is 0 Å². The second kappa shape index (κ2) is 5.67. The minimum atomic E-state index is -0.134. The van der Waals surface area contributed by atoms with Gasteiger partial charge in [-0.2, -0.15) is 5.10 Å². The Morgan fingerprint density at radius 2 is 2.24 bits per heavy atom. The van der Waals surface area contributed by atoms with Crippen molar-refractivity contribution in [3.8, 4) is 0 Å². The molecule has 0 aliphatic heterocycles. The number of anilines is 1. The first-order valence-corrected chi connectivity index (χ1v) is 5.69. The van der Waals surface area contributed by atoms with E-state index in [9.17, 15) is 4.79 Å². The van der Waals surface area contributed by atoms with Crippen molar-refractivity contribution in [3.05, 3.63) is 11.8 Å². The molecule has 6 heteroatoms. The molecule has 0 fully saturated rings. The van der Waals surface area contributed by atoms with Gasteiger partial charge in [-0.25, -0.2) is 0 Å². The third-order valence-electron chi connectivity index (χ3n) is 2.32. The zero-order valence-corrected chi connectivity index (χ0v) is 10.9. The van der Waals surface area contributed by atoms with Gasteiger partial charge in [0.1, 0.15) is 11.5 Å². The molecule has 0 aliphatic carbocycles. The third-order valence-corrected chi connectivity index (χ3v) is 2.32. The van der Waals surface area contributed by atoms with Crippen LogP contribution >= 0.6 is 0 Å². The SMILES string of the molecule is CC(C)n1nc(N)cc1C(=O)NCCN(C)C. The summed E-state index contributed by atoms with van der Waals surface area (Å²) in [5, 5.41) is 6.94. The van der Waals surface area contributed by atoms with Crippen molar-refractivity contribution < 1.29 is 4.79 Å². The highest BCUT2D eigenvalue weighted by Gasteiger charge is 2.15. The quantitative estimate of drug-likeness (QED) is 0.776. The van der Waals surface area contributed by atoms with E-state index in [1.165, 1.54) is 0 Å². The maximum atomic E-state index is 11.9. The fourth-order valence-corrected chi connectivity index (χ4v) is 1.46. The smallest absolute Gasteiger partial charge is 0.269 e. The summed E-state index contributed by atoms with van der Waals surface area (Å²) < 4.78 is 1.64. The van der Waals surface area contributed by atoms with E-state index in [2.05, 4.69) is 10.4 Å². The van der Waals surface area contributed by atoms with E-state index in [-0.39, 0.29) is 11.9 Å². The molecule has 1 amide bonds. The molecule has 17 heavy (non-hydrogen) atoms. The molecule has 0 saturated carbocycles. The summed E-state index contributed by atoms with van der Waals surface area (Å²) >= 11 is 0. The summed E-state index contributed by atoms with van der Waals surface area (Å²) in [6.07, 6.45) is 0. The Hall–Kier alpha value is -1.56. The number of nitrogens with one attached hydrogen (secondary N) is 1. The predicted molar refractivity (Wildman–Crippen MR) is 67.9 cm³/mol. The van der Waals surface area contributed by atoms with Crippen LogP contribution in [0, 0.1) is 0 Å². The minimum Gasteiger partial charge on any atom is -0.382 e. The van der Waals surface area contributed by atoms with Crippen LogP contribution in [0.4, 0.5) is 5.82 Å². The zero-order valence-electron chi connectivity index (χ0n) is 10.9. The van der Waals surface area contributed by atoms with Crippen LogP contribution in [0.15, 0.2) is 6.07 Å². The molecular weight excluding hydrogens is 218 g/mol. The molecule has 0 aliphatic rings. The molecule has 0 unspecified atom stereocenters. The number of nitrogens with two attached hydrogens (primary N) is 1. The van der Waals surface area contributed by atoms with E-state index < -0.39 is 0 Å². The lowest BCUT2D eigenvalue weighted by molar-refractivity contribution is 0.0938. The average molecular weight is 239 g/mol. The van der Waals surface area contributed by atoms with Crippen LogP contribution in [0.25, 0.3) is 0 Å². The van der Waals surface area contributed by atoms with Gasteiger partial charge in [-0.1, -0.05) is 0 Å². The van der Waals surface area contributed by atoms with E-state index in [0.717, 1.165) is 6.54 Å². The molecule has 96 valence electrons.